The molecule has 0 aromatic heterocycles. The molecule has 3 N–H and O–H groups in total. The largest absolute Gasteiger partial charge is 0.380 e. The smallest absolute Gasteiger partial charge is 0.243 e. The Hall–Kier alpha value is -1.14. The molecular formula is C9H18N2O4. The van der Waals surface area contributed by atoms with Crippen LogP contribution in [-0.4, -0.2) is 44.8 Å². The fourth-order valence-electron chi connectivity index (χ4n) is 0.837. The molecule has 6 nitrogen and oxygen atoms in total. The summed E-state index contributed by atoms with van der Waals surface area (Å²) < 4.78 is 10.1. The second kappa shape index (κ2) is 9.42. The van der Waals surface area contributed by atoms with Gasteiger partial charge in [-0.15, -0.1) is 0 Å². The summed E-state index contributed by atoms with van der Waals surface area (Å²) >= 11 is 0. The molecule has 15 heavy (non-hydrogen) atoms. The minimum absolute atomic E-state index is 0.0497. The summed E-state index contributed by atoms with van der Waals surface area (Å²) in [6, 6.07) is 0. The Bertz CT molecular complexity index is 177. The van der Waals surface area contributed by atoms with Gasteiger partial charge in [0.15, 0.2) is 0 Å². The summed E-state index contributed by atoms with van der Waals surface area (Å²) in [6.45, 7) is 3.39. The standard InChI is InChI=1S/C9H18N2O4/c1-8(12)11-3-6-14-4-2-5-15-7-9(10)13/h2-7H2,1H3,(H2,10,13)(H,11,12). The van der Waals surface area contributed by atoms with Gasteiger partial charge in [-0.25, -0.2) is 0 Å². The number of carbonyl (C=O) groups excluding carboxylic acids is 2. The summed E-state index contributed by atoms with van der Waals surface area (Å²) in [5.74, 6) is -0.537. The van der Waals surface area contributed by atoms with Crippen molar-refractivity contribution in [1.82, 2.24) is 5.32 Å². The first-order valence-corrected chi connectivity index (χ1v) is 4.81. The van der Waals surface area contributed by atoms with Crippen molar-refractivity contribution in [2.24, 2.45) is 5.73 Å². The molecule has 0 heterocycles. The van der Waals surface area contributed by atoms with E-state index in [0.717, 1.165) is 0 Å². The van der Waals surface area contributed by atoms with Crippen molar-refractivity contribution in [2.45, 2.75) is 13.3 Å². The van der Waals surface area contributed by atoms with Gasteiger partial charge in [0.25, 0.3) is 0 Å². The molecule has 0 aliphatic heterocycles. The van der Waals surface area contributed by atoms with Crippen molar-refractivity contribution in [3.05, 3.63) is 0 Å². The van der Waals surface area contributed by atoms with Crippen LogP contribution >= 0.6 is 0 Å². The summed E-state index contributed by atoms with van der Waals surface area (Å²) in [6.07, 6.45) is 0.702. The zero-order chi connectivity index (χ0) is 11.5. The molecule has 0 radical (unpaired) electrons. The van der Waals surface area contributed by atoms with E-state index < -0.39 is 5.91 Å². The normalized spacial score (nSPS) is 9.93. The maximum Gasteiger partial charge on any atom is 0.243 e. The Morgan fingerprint density at radius 1 is 1.20 bits per heavy atom. The van der Waals surface area contributed by atoms with Gasteiger partial charge in [-0.1, -0.05) is 0 Å². The molecule has 0 atom stereocenters. The second-order valence-corrected chi connectivity index (χ2v) is 2.97. The van der Waals surface area contributed by atoms with E-state index in [1.807, 2.05) is 0 Å². The van der Waals surface area contributed by atoms with Crippen molar-refractivity contribution in [1.29, 1.82) is 0 Å². The second-order valence-electron chi connectivity index (χ2n) is 2.97. The molecular weight excluding hydrogens is 200 g/mol. The third-order valence-corrected chi connectivity index (χ3v) is 1.44. The molecule has 0 bridgehead atoms. The Kier molecular flexibility index (Phi) is 8.70. The van der Waals surface area contributed by atoms with E-state index in [1.165, 1.54) is 6.92 Å². The molecule has 88 valence electrons. The lowest BCUT2D eigenvalue weighted by molar-refractivity contribution is -0.122. The van der Waals surface area contributed by atoms with Crippen molar-refractivity contribution in [3.8, 4) is 0 Å². The van der Waals surface area contributed by atoms with Gasteiger partial charge in [0.1, 0.15) is 6.61 Å². The first-order valence-electron chi connectivity index (χ1n) is 4.81. The molecule has 0 aliphatic rings. The highest BCUT2D eigenvalue weighted by molar-refractivity contribution is 5.74. The van der Waals surface area contributed by atoms with Gasteiger partial charge >= 0.3 is 0 Å². The zero-order valence-electron chi connectivity index (χ0n) is 8.95. The van der Waals surface area contributed by atoms with Crippen LogP contribution in [0.1, 0.15) is 13.3 Å². The zero-order valence-corrected chi connectivity index (χ0v) is 8.95. The Balaban J connectivity index is 2.99. The van der Waals surface area contributed by atoms with E-state index >= 15 is 0 Å². The van der Waals surface area contributed by atoms with E-state index in [1.54, 1.807) is 0 Å². The lowest BCUT2D eigenvalue weighted by Gasteiger charge is -2.04. The molecule has 0 rings (SSSR count). The number of primary amides is 1. The number of nitrogens with one attached hydrogen (secondary N) is 1. The van der Waals surface area contributed by atoms with Gasteiger partial charge in [-0.2, -0.15) is 0 Å². The summed E-state index contributed by atoms with van der Waals surface area (Å²) in [5.41, 5.74) is 4.87. The fraction of sp³-hybridized carbons (Fsp3) is 0.778. The van der Waals surface area contributed by atoms with Crippen LogP contribution < -0.4 is 11.1 Å². The molecule has 0 aromatic carbocycles. The van der Waals surface area contributed by atoms with Crippen LogP contribution in [0.2, 0.25) is 0 Å². The minimum atomic E-state index is -0.471. The lowest BCUT2D eigenvalue weighted by atomic mass is 10.5. The Morgan fingerprint density at radius 2 is 1.87 bits per heavy atom. The summed E-state index contributed by atoms with van der Waals surface area (Å²) in [7, 11) is 0. The van der Waals surface area contributed by atoms with Crippen molar-refractivity contribution in [2.75, 3.05) is 33.0 Å². The molecule has 0 unspecified atom stereocenters. The number of rotatable bonds is 9. The van der Waals surface area contributed by atoms with Gasteiger partial charge in [-0.3, -0.25) is 9.59 Å². The highest BCUT2D eigenvalue weighted by atomic mass is 16.5. The summed E-state index contributed by atoms with van der Waals surface area (Å²) in [5, 5.41) is 2.61. The monoisotopic (exact) mass is 218 g/mol. The average Bonchev–Trinajstić information content (AvgIpc) is 2.14. The molecule has 0 saturated heterocycles. The van der Waals surface area contributed by atoms with E-state index in [0.29, 0.717) is 32.8 Å². The molecule has 0 fully saturated rings. The maximum absolute atomic E-state index is 10.5. The Labute approximate surface area is 89.1 Å². The number of hydrogen-bond acceptors (Lipinski definition) is 4. The molecule has 0 saturated carbocycles. The number of hydrogen-bond donors (Lipinski definition) is 2. The van der Waals surface area contributed by atoms with E-state index in [9.17, 15) is 9.59 Å². The first-order chi connectivity index (χ1) is 7.13. The lowest BCUT2D eigenvalue weighted by Crippen LogP contribution is -2.24. The third-order valence-electron chi connectivity index (χ3n) is 1.44. The van der Waals surface area contributed by atoms with Crippen molar-refractivity contribution < 1.29 is 19.1 Å². The van der Waals surface area contributed by atoms with Gasteiger partial charge in [0.2, 0.25) is 11.8 Å². The number of amides is 2. The van der Waals surface area contributed by atoms with E-state index in [-0.39, 0.29) is 12.5 Å². The minimum Gasteiger partial charge on any atom is -0.380 e. The van der Waals surface area contributed by atoms with Crippen LogP contribution in [-0.2, 0) is 19.1 Å². The average molecular weight is 218 g/mol. The van der Waals surface area contributed by atoms with Crippen molar-refractivity contribution >= 4 is 11.8 Å². The highest BCUT2D eigenvalue weighted by Crippen LogP contribution is 1.84. The van der Waals surface area contributed by atoms with Crippen LogP contribution in [0.5, 0.6) is 0 Å². The first kappa shape index (κ1) is 13.9. The SMILES string of the molecule is CC(=O)NCCOCCCOCC(N)=O. The quantitative estimate of drug-likeness (QED) is 0.487. The van der Waals surface area contributed by atoms with Crippen LogP contribution in [0.15, 0.2) is 0 Å². The maximum atomic E-state index is 10.5. The van der Waals surface area contributed by atoms with Gasteiger partial charge in [-0.05, 0) is 6.42 Å². The molecule has 2 amide bonds. The third kappa shape index (κ3) is 12.9. The van der Waals surface area contributed by atoms with Crippen LogP contribution in [0, 0.1) is 0 Å². The van der Waals surface area contributed by atoms with Crippen molar-refractivity contribution in [3.63, 3.8) is 0 Å². The number of carbonyl (C=O) groups is 2. The molecule has 0 aliphatic carbocycles. The van der Waals surface area contributed by atoms with Crippen LogP contribution in [0.25, 0.3) is 0 Å². The predicted octanol–water partition coefficient (Wildman–Crippen LogP) is -0.969. The number of ether oxygens (including phenoxy) is 2. The molecule has 0 spiro atoms. The van der Waals surface area contributed by atoms with Crippen LogP contribution in [0.3, 0.4) is 0 Å². The molecule has 6 heteroatoms. The van der Waals surface area contributed by atoms with Gasteiger partial charge in [0, 0.05) is 26.7 Å². The van der Waals surface area contributed by atoms with Crippen LogP contribution in [0.4, 0.5) is 0 Å². The fourth-order valence-corrected chi connectivity index (χ4v) is 0.837. The van der Waals surface area contributed by atoms with Gasteiger partial charge < -0.3 is 20.5 Å². The van der Waals surface area contributed by atoms with E-state index in [2.05, 4.69) is 5.32 Å². The summed E-state index contributed by atoms with van der Waals surface area (Å²) in [4.78, 5) is 20.7. The van der Waals surface area contributed by atoms with E-state index in [4.69, 9.17) is 15.2 Å². The Morgan fingerprint density at radius 3 is 2.47 bits per heavy atom. The number of nitrogens with two attached hydrogens (primary N) is 1. The predicted molar refractivity (Wildman–Crippen MR) is 54.1 cm³/mol. The molecule has 0 aromatic rings. The topological polar surface area (TPSA) is 90.7 Å². The highest BCUT2D eigenvalue weighted by Gasteiger charge is 1.94. The van der Waals surface area contributed by atoms with Gasteiger partial charge in [0.05, 0.1) is 6.61 Å².